The molecule has 1 aliphatic heterocycles. The molecule has 0 radical (unpaired) electrons. The Labute approximate surface area is 114 Å². The molecule has 0 aliphatic carbocycles. The minimum atomic E-state index is 0.258. The first-order valence-corrected chi connectivity index (χ1v) is 6.79. The first kappa shape index (κ1) is 13.9. The molecule has 19 heavy (non-hydrogen) atoms. The van der Waals surface area contributed by atoms with Crippen LogP contribution in [-0.4, -0.2) is 44.1 Å². The van der Waals surface area contributed by atoms with Crippen molar-refractivity contribution in [1.82, 2.24) is 10.2 Å². The van der Waals surface area contributed by atoms with E-state index in [4.69, 9.17) is 4.74 Å². The van der Waals surface area contributed by atoms with E-state index in [1.807, 2.05) is 24.1 Å². The summed E-state index contributed by atoms with van der Waals surface area (Å²) in [5.74, 6) is 1.15. The summed E-state index contributed by atoms with van der Waals surface area (Å²) < 4.78 is 5.14. The fraction of sp³-hybridized carbons (Fsp3) is 0.533. The highest BCUT2D eigenvalue weighted by molar-refractivity contribution is 5.76. The quantitative estimate of drug-likeness (QED) is 0.873. The Hall–Kier alpha value is -1.55. The molecule has 1 amide bonds. The molecule has 1 aliphatic rings. The molecule has 4 heteroatoms. The van der Waals surface area contributed by atoms with Crippen LogP contribution in [0.25, 0.3) is 0 Å². The van der Waals surface area contributed by atoms with Gasteiger partial charge in [-0.2, -0.15) is 0 Å². The van der Waals surface area contributed by atoms with Gasteiger partial charge >= 0.3 is 0 Å². The van der Waals surface area contributed by atoms with Gasteiger partial charge in [-0.15, -0.1) is 0 Å². The Morgan fingerprint density at radius 2 is 2.11 bits per heavy atom. The molecular weight excluding hydrogens is 240 g/mol. The van der Waals surface area contributed by atoms with E-state index in [2.05, 4.69) is 17.4 Å². The summed E-state index contributed by atoms with van der Waals surface area (Å²) in [7, 11) is 3.55. The maximum atomic E-state index is 11.4. The molecule has 0 spiro atoms. The zero-order chi connectivity index (χ0) is 13.7. The Morgan fingerprint density at radius 3 is 2.74 bits per heavy atom. The van der Waals surface area contributed by atoms with Crippen molar-refractivity contribution in [1.29, 1.82) is 0 Å². The maximum Gasteiger partial charge on any atom is 0.222 e. The van der Waals surface area contributed by atoms with E-state index in [1.54, 1.807) is 7.11 Å². The number of likely N-dealkylation sites (tertiary alicyclic amines) is 1. The number of hydrogen-bond donors (Lipinski definition) is 1. The number of hydrogen-bond acceptors (Lipinski definition) is 3. The van der Waals surface area contributed by atoms with Crippen LogP contribution in [0.3, 0.4) is 0 Å². The Kier molecular flexibility index (Phi) is 4.80. The van der Waals surface area contributed by atoms with Crippen molar-refractivity contribution in [2.45, 2.75) is 25.3 Å². The van der Waals surface area contributed by atoms with Gasteiger partial charge in [-0.3, -0.25) is 4.79 Å². The van der Waals surface area contributed by atoms with Crippen molar-refractivity contribution in [3.8, 4) is 5.75 Å². The van der Waals surface area contributed by atoms with Crippen molar-refractivity contribution >= 4 is 5.91 Å². The van der Waals surface area contributed by atoms with E-state index in [-0.39, 0.29) is 5.91 Å². The number of carbonyl (C=O) groups excluding carboxylic acids is 1. The Morgan fingerprint density at radius 1 is 1.37 bits per heavy atom. The van der Waals surface area contributed by atoms with Gasteiger partial charge in [0.15, 0.2) is 0 Å². The van der Waals surface area contributed by atoms with E-state index in [1.165, 1.54) is 5.56 Å². The maximum absolute atomic E-state index is 11.4. The SMILES string of the molecule is COc1ccc(CCNC2CCC(=O)N(C)C2)cc1. The fourth-order valence-corrected chi connectivity index (χ4v) is 2.39. The molecule has 1 aromatic rings. The lowest BCUT2D eigenvalue weighted by Gasteiger charge is -2.30. The molecule has 0 aromatic heterocycles. The summed E-state index contributed by atoms with van der Waals surface area (Å²) in [5, 5.41) is 3.52. The summed E-state index contributed by atoms with van der Waals surface area (Å²) in [5.41, 5.74) is 1.30. The van der Waals surface area contributed by atoms with Crippen LogP contribution in [0.1, 0.15) is 18.4 Å². The molecule has 1 saturated heterocycles. The van der Waals surface area contributed by atoms with E-state index in [0.29, 0.717) is 12.5 Å². The molecule has 1 N–H and O–H groups in total. The lowest BCUT2D eigenvalue weighted by Crippen LogP contribution is -2.47. The van der Waals surface area contributed by atoms with Crippen molar-refractivity contribution in [3.63, 3.8) is 0 Å². The van der Waals surface area contributed by atoms with Gasteiger partial charge in [0.2, 0.25) is 5.91 Å². The topological polar surface area (TPSA) is 41.6 Å². The molecule has 0 bridgehead atoms. The standard InChI is InChI=1S/C15H22N2O2/c1-17-11-13(5-8-15(17)18)16-10-9-12-3-6-14(19-2)7-4-12/h3-4,6-7,13,16H,5,8-11H2,1-2H3. The highest BCUT2D eigenvalue weighted by Crippen LogP contribution is 2.12. The number of rotatable bonds is 5. The third-order valence-electron chi connectivity index (χ3n) is 3.63. The number of nitrogens with one attached hydrogen (secondary N) is 1. The summed E-state index contributed by atoms with van der Waals surface area (Å²) in [4.78, 5) is 13.2. The van der Waals surface area contributed by atoms with Crippen LogP contribution < -0.4 is 10.1 Å². The zero-order valence-electron chi connectivity index (χ0n) is 11.7. The number of amides is 1. The summed E-state index contributed by atoms with van der Waals surface area (Å²) in [6, 6.07) is 8.60. The summed E-state index contributed by atoms with van der Waals surface area (Å²) >= 11 is 0. The molecule has 4 nitrogen and oxygen atoms in total. The largest absolute Gasteiger partial charge is 0.497 e. The first-order valence-electron chi connectivity index (χ1n) is 6.79. The molecule has 104 valence electrons. The third-order valence-corrected chi connectivity index (χ3v) is 3.63. The predicted octanol–water partition coefficient (Wildman–Crippen LogP) is 1.45. The van der Waals surface area contributed by atoms with Gasteiger partial charge in [0.25, 0.3) is 0 Å². The van der Waals surface area contributed by atoms with Crippen LogP contribution in [0.4, 0.5) is 0 Å². The number of piperidine rings is 1. The molecule has 1 fully saturated rings. The van der Waals surface area contributed by atoms with Crippen LogP contribution in [0.5, 0.6) is 5.75 Å². The van der Waals surface area contributed by atoms with Crippen LogP contribution in [0.2, 0.25) is 0 Å². The van der Waals surface area contributed by atoms with Crippen LogP contribution in [0.15, 0.2) is 24.3 Å². The van der Waals surface area contributed by atoms with Crippen molar-refractivity contribution < 1.29 is 9.53 Å². The minimum absolute atomic E-state index is 0.258. The highest BCUT2D eigenvalue weighted by Gasteiger charge is 2.21. The van der Waals surface area contributed by atoms with E-state index in [0.717, 1.165) is 31.7 Å². The molecule has 1 unspecified atom stereocenters. The Bertz CT molecular complexity index is 417. The molecule has 0 saturated carbocycles. The molecular formula is C15H22N2O2. The summed E-state index contributed by atoms with van der Waals surface area (Å²) in [6.07, 6.45) is 2.61. The van der Waals surface area contributed by atoms with Crippen molar-refractivity contribution in [3.05, 3.63) is 29.8 Å². The van der Waals surface area contributed by atoms with Crippen LogP contribution >= 0.6 is 0 Å². The van der Waals surface area contributed by atoms with Gasteiger partial charge in [-0.25, -0.2) is 0 Å². The highest BCUT2D eigenvalue weighted by atomic mass is 16.5. The van der Waals surface area contributed by atoms with Gasteiger partial charge in [-0.1, -0.05) is 12.1 Å². The number of ether oxygens (including phenoxy) is 1. The third kappa shape index (κ3) is 3.96. The number of benzene rings is 1. The fourth-order valence-electron chi connectivity index (χ4n) is 2.39. The molecule has 1 heterocycles. The molecule has 2 rings (SSSR count). The Balaban J connectivity index is 1.72. The monoisotopic (exact) mass is 262 g/mol. The van der Waals surface area contributed by atoms with Crippen molar-refractivity contribution in [2.24, 2.45) is 0 Å². The second-order valence-corrected chi connectivity index (χ2v) is 5.06. The van der Waals surface area contributed by atoms with E-state index in [9.17, 15) is 4.79 Å². The van der Waals surface area contributed by atoms with Gasteiger partial charge in [0.05, 0.1) is 7.11 Å². The number of likely N-dealkylation sites (N-methyl/N-ethyl adjacent to an activating group) is 1. The van der Waals surface area contributed by atoms with Gasteiger partial charge in [0, 0.05) is 26.1 Å². The zero-order valence-corrected chi connectivity index (χ0v) is 11.7. The summed E-state index contributed by atoms with van der Waals surface area (Å²) in [6.45, 7) is 1.76. The smallest absolute Gasteiger partial charge is 0.222 e. The van der Waals surface area contributed by atoms with Gasteiger partial charge in [0.1, 0.15) is 5.75 Å². The normalized spacial score (nSPS) is 19.6. The average Bonchev–Trinajstić information content (AvgIpc) is 2.43. The van der Waals surface area contributed by atoms with Crippen molar-refractivity contribution in [2.75, 3.05) is 27.2 Å². The molecule has 1 aromatic carbocycles. The van der Waals surface area contributed by atoms with Crippen LogP contribution in [-0.2, 0) is 11.2 Å². The second kappa shape index (κ2) is 6.57. The second-order valence-electron chi connectivity index (χ2n) is 5.06. The first-order chi connectivity index (χ1) is 9.19. The van der Waals surface area contributed by atoms with Crippen LogP contribution in [0, 0.1) is 0 Å². The number of nitrogens with zero attached hydrogens (tertiary/aromatic N) is 1. The minimum Gasteiger partial charge on any atom is -0.497 e. The van der Waals surface area contributed by atoms with Gasteiger partial charge < -0.3 is 15.0 Å². The molecule has 1 atom stereocenters. The van der Waals surface area contributed by atoms with E-state index < -0.39 is 0 Å². The van der Waals surface area contributed by atoms with E-state index >= 15 is 0 Å². The number of methoxy groups -OCH3 is 1. The lowest BCUT2D eigenvalue weighted by atomic mass is 10.1. The lowest BCUT2D eigenvalue weighted by molar-refractivity contribution is -0.132. The predicted molar refractivity (Wildman–Crippen MR) is 75.4 cm³/mol. The number of carbonyl (C=O) groups is 1. The van der Waals surface area contributed by atoms with Gasteiger partial charge in [-0.05, 0) is 37.1 Å². The average molecular weight is 262 g/mol.